The van der Waals surface area contributed by atoms with E-state index >= 15 is 0 Å². The molecule has 4 heteroatoms. The van der Waals surface area contributed by atoms with Crippen LogP contribution in [0.1, 0.15) is 37.5 Å². The van der Waals surface area contributed by atoms with Gasteiger partial charge in [-0.05, 0) is 63.3 Å². The molecule has 150 valence electrons. The van der Waals surface area contributed by atoms with E-state index in [0.29, 0.717) is 5.75 Å². The SMILES string of the molecule is CCc1ccc(NC(=O)COc2ccc(C(C)(C)c3ccccc3)cc2)c(Br)c1. The highest BCUT2D eigenvalue weighted by Gasteiger charge is 2.22. The van der Waals surface area contributed by atoms with Crippen LogP contribution in [0, 0.1) is 0 Å². The molecule has 0 bridgehead atoms. The number of ether oxygens (including phenoxy) is 1. The van der Waals surface area contributed by atoms with Gasteiger partial charge in [0.05, 0.1) is 5.69 Å². The molecular formula is C25H26BrNO2. The molecule has 1 amide bonds. The molecule has 0 aliphatic heterocycles. The van der Waals surface area contributed by atoms with Crippen molar-refractivity contribution >= 4 is 27.5 Å². The first-order valence-electron chi connectivity index (χ1n) is 9.77. The molecule has 0 saturated carbocycles. The Hall–Kier alpha value is -2.59. The van der Waals surface area contributed by atoms with Crippen molar-refractivity contribution in [3.8, 4) is 5.75 Å². The number of anilines is 1. The van der Waals surface area contributed by atoms with Crippen molar-refractivity contribution in [2.75, 3.05) is 11.9 Å². The van der Waals surface area contributed by atoms with Crippen LogP contribution in [-0.2, 0) is 16.6 Å². The van der Waals surface area contributed by atoms with E-state index in [1.807, 2.05) is 36.4 Å². The molecule has 0 aromatic heterocycles. The molecule has 0 radical (unpaired) electrons. The van der Waals surface area contributed by atoms with Gasteiger partial charge < -0.3 is 10.1 Å². The first kappa shape index (κ1) is 21.1. The average Bonchev–Trinajstić information content (AvgIpc) is 2.74. The van der Waals surface area contributed by atoms with Crippen LogP contribution in [0.25, 0.3) is 0 Å². The molecule has 0 spiro atoms. The number of carbonyl (C=O) groups excluding carboxylic acids is 1. The number of carbonyl (C=O) groups is 1. The van der Waals surface area contributed by atoms with Crippen LogP contribution in [0.5, 0.6) is 5.75 Å². The van der Waals surface area contributed by atoms with Gasteiger partial charge in [0.15, 0.2) is 6.61 Å². The largest absolute Gasteiger partial charge is 0.484 e. The molecule has 0 aliphatic carbocycles. The maximum Gasteiger partial charge on any atom is 0.262 e. The highest BCUT2D eigenvalue weighted by Crippen LogP contribution is 2.32. The number of amides is 1. The van der Waals surface area contributed by atoms with Crippen molar-refractivity contribution in [3.63, 3.8) is 0 Å². The predicted molar refractivity (Wildman–Crippen MR) is 123 cm³/mol. The fourth-order valence-corrected chi connectivity index (χ4v) is 3.73. The molecule has 3 aromatic carbocycles. The second kappa shape index (κ2) is 9.27. The molecule has 0 aliphatic rings. The number of aryl methyl sites for hydroxylation is 1. The molecule has 3 nitrogen and oxygen atoms in total. The minimum Gasteiger partial charge on any atom is -0.484 e. The summed E-state index contributed by atoms with van der Waals surface area (Å²) in [6.07, 6.45) is 0.951. The van der Waals surface area contributed by atoms with Crippen LogP contribution in [0.3, 0.4) is 0 Å². The number of hydrogen-bond acceptors (Lipinski definition) is 2. The topological polar surface area (TPSA) is 38.3 Å². The minimum absolute atomic E-state index is 0.0383. The lowest BCUT2D eigenvalue weighted by molar-refractivity contribution is -0.118. The Bertz CT molecular complexity index is 966. The van der Waals surface area contributed by atoms with Crippen LogP contribution in [0.4, 0.5) is 5.69 Å². The number of rotatable bonds is 7. The highest BCUT2D eigenvalue weighted by atomic mass is 79.9. The average molecular weight is 452 g/mol. The van der Waals surface area contributed by atoms with Gasteiger partial charge in [0, 0.05) is 9.89 Å². The summed E-state index contributed by atoms with van der Waals surface area (Å²) >= 11 is 3.50. The molecule has 29 heavy (non-hydrogen) atoms. The molecular weight excluding hydrogens is 426 g/mol. The maximum atomic E-state index is 12.2. The summed E-state index contributed by atoms with van der Waals surface area (Å²) in [5, 5.41) is 2.88. The van der Waals surface area contributed by atoms with E-state index in [4.69, 9.17) is 4.74 Å². The summed E-state index contributed by atoms with van der Waals surface area (Å²) in [4.78, 5) is 12.2. The normalized spacial score (nSPS) is 11.2. The third-order valence-corrected chi connectivity index (χ3v) is 5.81. The fourth-order valence-electron chi connectivity index (χ4n) is 3.20. The van der Waals surface area contributed by atoms with Crippen molar-refractivity contribution in [2.45, 2.75) is 32.6 Å². The van der Waals surface area contributed by atoms with E-state index in [1.165, 1.54) is 16.7 Å². The van der Waals surface area contributed by atoms with Crippen LogP contribution in [-0.4, -0.2) is 12.5 Å². The van der Waals surface area contributed by atoms with Crippen LogP contribution in [0.15, 0.2) is 77.3 Å². The molecule has 3 rings (SSSR count). The van der Waals surface area contributed by atoms with Crippen molar-refractivity contribution < 1.29 is 9.53 Å². The summed E-state index contributed by atoms with van der Waals surface area (Å²) < 4.78 is 6.54. The van der Waals surface area contributed by atoms with Crippen LogP contribution in [0.2, 0.25) is 0 Å². The summed E-state index contributed by atoms with van der Waals surface area (Å²) in [5.41, 5.74) is 4.31. The molecule has 0 fully saturated rings. The van der Waals surface area contributed by atoms with Gasteiger partial charge in [-0.1, -0.05) is 69.3 Å². The van der Waals surface area contributed by atoms with E-state index in [0.717, 1.165) is 16.6 Å². The molecule has 0 atom stereocenters. The summed E-state index contributed by atoms with van der Waals surface area (Å²) in [7, 11) is 0. The lowest BCUT2D eigenvalue weighted by Crippen LogP contribution is -2.21. The summed E-state index contributed by atoms with van der Waals surface area (Å²) in [6, 6.07) is 24.3. The van der Waals surface area contributed by atoms with E-state index in [1.54, 1.807) is 0 Å². The number of nitrogens with one attached hydrogen (secondary N) is 1. The van der Waals surface area contributed by atoms with Crippen molar-refractivity contribution in [3.05, 3.63) is 94.0 Å². The van der Waals surface area contributed by atoms with Gasteiger partial charge >= 0.3 is 0 Å². The number of hydrogen-bond donors (Lipinski definition) is 1. The van der Waals surface area contributed by atoms with E-state index in [-0.39, 0.29) is 17.9 Å². The Kier molecular flexibility index (Phi) is 6.75. The van der Waals surface area contributed by atoms with Gasteiger partial charge in [-0.2, -0.15) is 0 Å². The third-order valence-electron chi connectivity index (χ3n) is 5.16. The lowest BCUT2D eigenvalue weighted by atomic mass is 9.78. The molecule has 0 heterocycles. The fraction of sp³-hybridized carbons (Fsp3) is 0.240. The van der Waals surface area contributed by atoms with Gasteiger partial charge in [0.25, 0.3) is 5.91 Å². The number of benzene rings is 3. The van der Waals surface area contributed by atoms with E-state index in [2.05, 4.69) is 78.4 Å². The standard InChI is InChI=1S/C25H26BrNO2/c1-4-18-10-15-23(22(26)16-18)27-24(28)17-29-21-13-11-20(12-14-21)25(2,3)19-8-6-5-7-9-19/h5-16H,4,17H2,1-3H3,(H,27,28). The minimum atomic E-state index is -0.191. The Morgan fingerprint density at radius 3 is 2.24 bits per heavy atom. The van der Waals surface area contributed by atoms with E-state index < -0.39 is 0 Å². The smallest absolute Gasteiger partial charge is 0.262 e. The quantitative estimate of drug-likeness (QED) is 0.453. The Morgan fingerprint density at radius 1 is 0.966 bits per heavy atom. The lowest BCUT2D eigenvalue weighted by Gasteiger charge is -2.26. The van der Waals surface area contributed by atoms with Crippen LogP contribution >= 0.6 is 15.9 Å². The zero-order valence-electron chi connectivity index (χ0n) is 17.0. The monoisotopic (exact) mass is 451 g/mol. The Labute approximate surface area is 181 Å². The highest BCUT2D eigenvalue weighted by molar-refractivity contribution is 9.10. The zero-order valence-corrected chi connectivity index (χ0v) is 18.6. The van der Waals surface area contributed by atoms with E-state index in [9.17, 15) is 4.79 Å². The maximum absolute atomic E-state index is 12.2. The predicted octanol–water partition coefficient (Wildman–Crippen LogP) is 6.35. The first-order valence-corrected chi connectivity index (χ1v) is 10.6. The van der Waals surface area contributed by atoms with Gasteiger partial charge in [-0.15, -0.1) is 0 Å². The van der Waals surface area contributed by atoms with Crippen molar-refractivity contribution in [2.24, 2.45) is 0 Å². The van der Waals surface area contributed by atoms with Crippen molar-refractivity contribution in [1.82, 2.24) is 0 Å². The second-order valence-electron chi connectivity index (χ2n) is 7.52. The van der Waals surface area contributed by atoms with Gasteiger partial charge in [-0.3, -0.25) is 4.79 Å². The Morgan fingerprint density at radius 2 is 1.62 bits per heavy atom. The van der Waals surface area contributed by atoms with Crippen LogP contribution < -0.4 is 10.1 Å². The van der Waals surface area contributed by atoms with Gasteiger partial charge in [0.1, 0.15) is 5.75 Å². The summed E-state index contributed by atoms with van der Waals surface area (Å²) in [6.45, 7) is 6.46. The molecule has 0 saturated heterocycles. The molecule has 3 aromatic rings. The summed E-state index contributed by atoms with van der Waals surface area (Å²) in [5.74, 6) is 0.483. The Balaban J connectivity index is 1.59. The molecule has 1 N–H and O–H groups in total. The van der Waals surface area contributed by atoms with Gasteiger partial charge in [0.2, 0.25) is 0 Å². The van der Waals surface area contributed by atoms with Crippen molar-refractivity contribution in [1.29, 1.82) is 0 Å². The second-order valence-corrected chi connectivity index (χ2v) is 8.37. The van der Waals surface area contributed by atoms with Gasteiger partial charge in [-0.25, -0.2) is 0 Å². The molecule has 0 unspecified atom stereocenters. The first-order chi connectivity index (χ1) is 13.9. The zero-order chi connectivity index (χ0) is 20.9. The third kappa shape index (κ3) is 5.27. The number of halogens is 1.